The van der Waals surface area contributed by atoms with Crippen LogP contribution in [0.5, 0.6) is 0 Å². The highest BCUT2D eigenvalue weighted by atomic mass is 15.0. The zero-order chi connectivity index (χ0) is 10.5. The standard InChI is InChI=1S/C12H11BN2/c13-15-14-12-9-5-4-8-11(12)10-6-2-1-3-7-10/h1-9H,13H2. The molecule has 0 amide bonds. The van der Waals surface area contributed by atoms with Gasteiger partial charge in [-0.3, -0.25) is 5.03 Å². The molecule has 15 heavy (non-hydrogen) atoms. The Hall–Kier alpha value is -1.90. The molecule has 0 radical (unpaired) electrons. The molecule has 2 nitrogen and oxygen atoms in total. The minimum atomic E-state index is 0.909. The van der Waals surface area contributed by atoms with Crippen LogP contribution in [0.2, 0.25) is 0 Å². The number of nitrogens with zero attached hydrogens (tertiary/aromatic N) is 2. The summed E-state index contributed by atoms with van der Waals surface area (Å²) in [7, 11) is 1.68. The summed E-state index contributed by atoms with van der Waals surface area (Å²) in [5.41, 5.74) is 3.19. The van der Waals surface area contributed by atoms with Crippen molar-refractivity contribution in [2.24, 2.45) is 10.1 Å². The summed E-state index contributed by atoms with van der Waals surface area (Å²) in [6, 6.07) is 18.2. The predicted molar refractivity (Wildman–Crippen MR) is 64.9 cm³/mol. The van der Waals surface area contributed by atoms with Crippen LogP contribution in [0.4, 0.5) is 5.69 Å². The van der Waals surface area contributed by atoms with E-state index in [2.05, 4.69) is 28.3 Å². The van der Waals surface area contributed by atoms with E-state index in [-0.39, 0.29) is 0 Å². The van der Waals surface area contributed by atoms with Crippen molar-refractivity contribution in [2.75, 3.05) is 0 Å². The fourth-order valence-electron chi connectivity index (χ4n) is 1.53. The van der Waals surface area contributed by atoms with Crippen molar-refractivity contribution in [3.05, 3.63) is 54.6 Å². The molecule has 0 aromatic heterocycles. The van der Waals surface area contributed by atoms with Gasteiger partial charge in [0.05, 0.1) is 5.69 Å². The highest BCUT2D eigenvalue weighted by Crippen LogP contribution is 2.29. The lowest BCUT2D eigenvalue weighted by molar-refractivity contribution is 1.32. The van der Waals surface area contributed by atoms with Gasteiger partial charge in [0, 0.05) is 5.56 Å². The maximum Gasteiger partial charge on any atom is 0.273 e. The van der Waals surface area contributed by atoms with Crippen LogP contribution in [0.1, 0.15) is 0 Å². The smallest absolute Gasteiger partial charge is 0.263 e. The van der Waals surface area contributed by atoms with E-state index in [0.717, 1.165) is 11.3 Å². The molecule has 0 aliphatic rings. The third-order valence-electron chi connectivity index (χ3n) is 2.20. The van der Waals surface area contributed by atoms with Crippen LogP contribution < -0.4 is 0 Å². The Bertz CT molecular complexity index is 466. The Morgan fingerprint density at radius 3 is 2.20 bits per heavy atom. The van der Waals surface area contributed by atoms with Gasteiger partial charge >= 0.3 is 0 Å². The van der Waals surface area contributed by atoms with E-state index >= 15 is 0 Å². The molecular weight excluding hydrogens is 183 g/mol. The first-order chi connectivity index (χ1) is 7.42. The second-order valence-electron chi connectivity index (χ2n) is 3.18. The van der Waals surface area contributed by atoms with Gasteiger partial charge < -0.3 is 0 Å². The van der Waals surface area contributed by atoms with Crippen LogP contribution in [0.25, 0.3) is 11.1 Å². The molecular formula is C12H11BN2. The second-order valence-corrected chi connectivity index (χ2v) is 3.18. The summed E-state index contributed by atoms with van der Waals surface area (Å²) in [5.74, 6) is 0. The molecule has 0 unspecified atom stereocenters. The second kappa shape index (κ2) is 4.55. The maximum atomic E-state index is 4.11. The Morgan fingerprint density at radius 1 is 0.800 bits per heavy atom. The van der Waals surface area contributed by atoms with Gasteiger partial charge in [0.2, 0.25) is 0 Å². The summed E-state index contributed by atoms with van der Waals surface area (Å²) in [5, 5.41) is 7.93. The largest absolute Gasteiger partial charge is 0.273 e. The molecule has 3 heteroatoms. The molecule has 0 atom stereocenters. The van der Waals surface area contributed by atoms with Crippen molar-refractivity contribution in [1.29, 1.82) is 0 Å². The summed E-state index contributed by atoms with van der Waals surface area (Å²) in [6.07, 6.45) is 0. The van der Waals surface area contributed by atoms with Crippen molar-refractivity contribution in [3.8, 4) is 11.1 Å². The molecule has 2 rings (SSSR count). The highest BCUT2D eigenvalue weighted by Gasteiger charge is 2.01. The van der Waals surface area contributed by atoms with Crippen LogP contribution >= 0.6 is 0 Å². The predicted octanol–water partition coefficient (Wildman–Crippen LogP) is 2.99. The molecule has 0 fully saturated rings. The Kier molecular flexibility index (Phi) is 2.93. The number of rotatable bonds is 2. The van der Waals surface area contributed by atoms with Gasteiger partial charge in [-0.1, -0.05) is 48.5 Å². The zero-order valence-corrected chi connectivity index (χ0v) is 8.59. The third-order valence-corrected chi connectivity index (χ3v) is 2.20. The molecule has 0 heterocycles. The average molecular weight is 194 g/mol. The zero-order valence-electron chi connectivity index (χ0n) is 8.59. The number of hydrogen-bond acceptors (Lipinski definition) is 2. The topological polar surface area (TPSA) is 24.7 Å². The molecule has 0 spiro atoms. The van der Waals surface area contributed by atoms with Gasteiger partial charge in [-0.2, -0.15) is 5.11 Å². The van der Waals surface area contributed by atoms with E-state index in [9.17, 15) is 0 Å². The van der Waals surface area contributed by atoms with E-state index in [1.165, 1.54) is 5.56 Å². The van der Waals surface area contributed by atoms with Gasteiger partial charge in [-0.05, 0) is 11.6 Å². The first-order valence-corrected chi connectivity index (χ1v) is 4.86. The maximum absolute atomic E-state index is 4.11. The van der Waals surface area contributed by atoms with E-state index < -0.39 is 0 Å². The van der Waals surface area contributed by atoms with Crippen molar-refractivity contribution < 1.29 is 0 Å². The molecule has 0 bridgehead atoms. The number of hydrogen-bond donors (Lipinski definition) is 0. The summed E-state index contributed by atoms with van der Waals surface area (Å²) in [4.78, 5) is 0. The van der Waals surface area contributed by atoms with Crippen LogP contribution in [0, 0.1) is 0 Å². The number of benzene rings is 2. The van der Waals surface area contributed by atoms with E-state index in [1.54, 1.807) is 7.98 Å². The Labute approximate surface area is 90.1 Å². The minimum Gasteiger partial charge on any atom is -0.263 e. The van der Waals surface area contributed by atoms with Gasteiger partial charge in [0.25, 0.3) is 7.98 Å². The van der Waals surface area contributed by atoms with Crippen molar-refractivity contribution in [1.82, 2.24) is 0 Å². The molecule has 2 aromatic rings. The molecule has 72 valence electrons. The lowest BCUT2D eigenvalue weighted by atomic mass is 10.0. The molecule has 0 saturated heterocycles. The minimum absolute atomic E-state index is 0.909. The highest BCUT2D eigenvalue weighted by molar-refractivity contribution is 6.05. The van der Waals surface area contributed by atoms with Crippen LogP contribution in [0.15, 0.2) is 64.7 Å². The molecule has 0 N–H and O–H groups in total. The normalized spacial score (nSPS) is 10.7. The third kappa shape index (κ3) is 2.13. The fourth-order valence-corrected chi connectivity index (χ4v) is 1.53. The SMILES string of the molecule is BN=Nc1ccccc1-c1ccccc1. The van der Waals surface area contributed by atoms with Crippen LogP contribution in [-0.4, -0.2) is 7.98 Å². The first kappa shape index (κ1) is 9.65. The summed E-state index contributed by atoms with van der Waals surface area (Å²) in [6.45, 7) is 0. The van der Waals surface area contributed by atoms with Gasteiger partial charge in [0.15, 0.2) is 0 Å². The monoisotopic (exact) mass is 194 g/mol. The quantitative estimate of drug-likeness (QED) is 0.518. The molecule has 0 aliphatic heterocycles. The molecule has 2 aromatic carbocycles. The lowest BCUT2D eigenvalue weighted by Crippen LogP contribution is -1.77. The Balaban J connectivity index is 2.53. The summed E-state index contributed by atoms with van der Waals surface area (Å²) >= 11 is 0. The van der Waals surface area contributed by atoms with Crippen molar-refractivity contribution in [2.45, 2.75) is 0 Å². The van der Waals surface area contributed by atoms with Crippen molar-refractivity contribution >= 4 is 13.7 Å². The Morgan fingerprint density at radius 2 is 1.47 bits per heavy atom. The van der Waals surface area contributed by atoms with Crippen LogP contribution in [-0.2, 0) is 0 Å². The van der Waals surface area contributed by atoms with E-state index in [4.69, 9.17) is 0 Å². The lowest BCUT2D eigenvalue weighted by Gasteiger charge is -2.03. The molecule has 0 saturated carbocycles. The summed E-state index contributed by atoms with van der Waals surface area (Å²) < 4.78 is 0. The van der Waals surface area contributed by atoms with E-state index in [0.29, 0.717) is 0 Å². The fraction of sp³-hybridized carbons (Fsp3) is 0. The van der Waals surface area contributed by atoms with Gasteiger partial charge in [-0.25, -0.2) is 0 Å². The van der Waals surface area contributed by atoms with Gasteiger partial charge in [0.1, 0.15) is 0 Å². The van der Waals surface area contributed by atoms with Gasteiger partial charge in [-0.15, -0.1) is 0 Å². The van der Waals surface area contributed by atoms with Crippen LogP contribution in [0.3, 0.4) is 0 Å². The molecule has 0 aliphatic carbocycles. The van der Waals surface area contributed by atoms with Crippen molar-refractivity contribution in [3.63, 3.8) is 0 Å². The average Bonchev–Trinajstić information content (AvgIpc) is 2.31. The van der Waals surface area contributed by atoms with E-state index in [1.807, 2.05) is 36.4 Å². The first-order valence-electron chi connectivity index (χ1n) is 4.86.